The molecule has 78 valence electrons. The van der Waals surface area contributed by atoms with Gasteiger partial charge in [-0.05, 0) is 0 Å². The van der Waals surface area contributed by atoms with Gasteiger partial charge >= 0.3 is 0 Å². The smallest absolute Gasteiger partial charge is 0.165 e. The molecule has 2 aromatic heterocycles. The summed E-state index contributed by atoms with van der Waals surface area (Å²) in [4.78, 5) is 12.1. The van der Waals surface area contributed by atoms with Crippen LogP contribution in [0.4, 0.5) is 5.82 Å². The average molecular weight is 204 g/mol. The van der Waals surface area contributed by atoms with Crippen LogP contribution in [-0.2, 0) is 6.54 Å². The third-order valence-electron chi connectivity index (χ3n) is 2.03. The van der Waals surface area contributed by atoms with Crippen molar-refractivity contribution in [1.82, 2.24) is 19.5 Å². The summed E-state index contributed by atoms with van der Waals surface area (Å²) in [7, 11) is 0. The van der Waals surface area contributed by atoms with Crippen LogP contribution in [0.2, 0.25) is 0 Å². The molecule has 0 aliphatic rings. The van der Waals surface area contributed by atoms with Gasteiger partial charge in [-0.1, -0.05) is 12.2 Å². The summed E-state index contributed by atoms with van der Waals surface area (Å²) in [6.45, 7) is 1.22. The Balaban J connectivity index is 2.37. The molecule has 4 N–H and O–H groups in total. The number of fused-ring (bicyclic) bond motifs is 1. The highest BCUT2D eigenvalue weighted by Gasteiger charge is 2.05. The number of hydrogen-bond donors (Lipinski definition) is 2. The Bertz CT molecular complexity index is 486. The predicted molar refractivity (Wildman–Crippen MR) is 57.9 cm³/mol. The fourth-order valence-electron chi connectivity index (χ4n) is 1.32. The molecule has 0 aromatic carbocycles. The van der Waals surface area contributed by atoms with Crippen molar-refractivity contribution >= 4 is 17.0 Å². The lowest BCUT2D eigenvalue weighted by molar-refractivity contribution is 0.834. The second kappa shape index (κ2) is 4.05. The summed E-state index contributed by atoms with van der Waals surface area (Å²) in [6.07, 6.45) is 6.97. The van der Waals surface area contributed by atoms with Crippen LogP contribution in [0.25, 0.3) is 11.2 Å². The first-order chi connectivity index (χ1) is 7.33. The van der Waals surface area contributed by atoms with Crippen molar-refractivity contribution in [3.8, 4) is 0 Å². The molecule has 6 heteroatoms. The highest BCUT2D eigenvalue weighted by Crippen LogP contribution is 2.13. The first-order valence-electron chi connectivity index (χ1n) is 4.59. The van der Waals surface area contributed by atoms with Crippen LogP contribution in [0.1, 0.15) is 0 Å². The summed E-state index contributed by atoms with van der Waals surface area (Å²) in [5.41, 5.74) is 12.4. The number of nitrogens with two attached hydrogens (primary N) is 2. The molecule has 0 amide bonds. The molecule has 0 saturated carbocycles. The van der Waals surface area contributed by atoms with Crippen LogP contribution in [0, 0.1) is 0 Å². The average Bonchev–Trinajstić information content (AvgIpc) is 2.64. The Labute approximate surface area is 86.6 Å². The lowest BCUT2D eigenvalue weighted by atomic mass is 10.4. The minimum absolute atomic E-state index is 0.404. The number of anilines is 1. The number of imidazole rings is 1. The molecule has 0 bridgehead atoms. The Hall–Kier alpha value is -1.95. The molecular formula is C9H12N6. The van der Waals surface area contributed by atoms with Crippen LogP contribution in [0.15, 0.2) is 24.8 Å². The van der Waals surface area contributed by atoms with Crippen molar-refractivity contribution < 1.29 is 0 Å². The van der Waals surface area contributed by atoms with Crippen LogP contribution < -0.4 is 11.5 Å². The van der Waals surface area contributed by atoms with Crippen molar-refractivity contribution in [2.75, 3.05) is 12.3 Å². The van der Waals surface area contributed by atoms with Crippen LogP contribution in [-0.4, -0.2) is 26.1 Å². The van der Waals surface area contributed by atoms with E-state index in [9.17, 15) is 0 Å². The number of aromatic nitrogens is 4. The molecule has 0 fully saturated rings. The molecule has 0 saturated heterocycles. The topological polar surface area (TPSA) is 95.6 Å². The highest BCUT2D eigenvalue weighted by atomic mass is 15.1. The van der Waals surface area contributed by atoms with Crippen molar-refractivity contribution in [2.24, 2.45) is 5.73 Å². The van der Waals surface area contributed by atoms with Crippen molar-refractivity contribution in [1.29, 1.82) is 0 Å². The number of rotatable bonds is 3. The van der Waals surface area contributed by atoms with Gasteiger partial charge in [-0.3, -0.25) is 0 Å². The van der Waals surface area contributed by atoms with Gasteiger partial charge in [-0.2, -0.15) is 0 Å². The maximum atomic E-state index is 5.66. The zero-order chi connectivity index (χ0) is 10.7. The molecule has 0 spiro atoms. The van der Waals surface area contributed by atoms with Crippen LogP contribution in [0.3, 0.4) is 0 Å². The predicted octanol–water partition coefficient (Wildman–Crippen LogP) is -0.0766. The van der Waals surface area contributed by atoms with E-state index in [1.54, 1.807) is 6.33 Å². The van der Waals surface area contributed by atoms with Gasteiger partial charge in [-0.25, -0.2) is 15.0 Å². The van der Waals surface area contributed by atoms with Gasteiger partial charge in [0.2, 0.25) is 0 Å². The Kier molecular flexibility index (Phi) is 2.59. The lowest BCUT2D eigenvalue weighted by Gasteiger charge is -1.98. The maximum absolute atomic E-state index is 5.66. The Morgan fingerprint density at radius 3 is 2.93 bits per heavy atom. The van der Waals surface area contributed by atoms with E-state index < -0.39 is 0 Å². The molecule has 2 aromatic rings. The molecule has 0 aliphatic heterocycles. The van der Waals surface area contributed by atoms with Crippen LogP contribution >= 0.6 is 0 Å². The normalized spacial score (nSPS) is 11.5. The summed E-state index contributed by atoms with van der Waals surface area (Å²) in [6, 6.07) is 0. The van der Waals surface area contributed by atoms with Gasteiger partial charge in [0.15, 0.2) is 11.5 Å². The number of nitrogens with zero attached hydrogens (tertiary/aromatic N) is 4. The number of nitrogen functional groups attached to an aromatic ring is 1. The van der Waals surface area contributed by atoms with E-state index in [-0.39, 0.29) is 0 Å². The zero-order valence-electron chi connectivity index (χ0n) is 8.17. The molecule has 0 atom stereocenters. The first kappa shape index (κ1) is 9.60. The Morgan fingerprint density at radius 2 is 2.13 bits per heavy atom. The standard InChI is InChI=1S/C9H12N6/c10-3-1-2-4-15-6-14-7-8(11)12-5-13-9(7)15/h1-2,5-6H,3-4,10H2,(H2,11,12,13). The largest absolute Gasteiger partial charge is 0.382 e. The summed E-state index contributed by atoms with van der Waals surface area (Å²) in [5, 5.41) is 0. The fraction of sp³-hybridized carbons (Fsp3) is 0.222. The quantitative estimate of drug-likeness (QED) is 0.682. The molecular weight excluding hydrogens is 192 g/mol. The van der Waals surface area contributed by atoms with Gasteiger partial charge in [0.25, 0.3) is 0 Å². The van der Waals surface area contributed by atoms with E-state index in [0.717, 1.165) is 5.65 Å². The van der Waals surface area contributed by atoms with Crippen molar-refractivity contribution in [3.05, 3.63) is 24.8 Å². The first-order valence-corrected chi connectivity index (χ1v) is 4.59. The van der Waals surface area contributed by atoms with Crippen molar-refractivity contribution in [3.63, 3.8) is 0 Å². The second-order valence-corrected chi connectivity index (χ2v) is 3.04. The molecule has 15 heavy (non-hydrogen) atoms. The highest BCUT2D eigenvalue weighted by molar-refractivity contribution is 5.81. The molecule has 0 unspecified atom stereocenters. The summed E-state index contributed by atoms with van der Waals surface area (Å²) >= 11 is 0. The van der Waals surface area contributed by atoms with Gasteiger partial charge in [0.1, 0.15) is 11.8 Å². The van der Waals surface area contributed by atoms with E-state index in [1.807, 2.05) is 16.7 Å². The monoisotopic (exact) mass is 204 g/mol. The zero-order valence-corrected chi connectivity index (χ0v) is 8.17. The van der Waals surface area contributed by atoms with Gasteiger partial charge in [-0.15, -0.1) is 0 Å². The van der Waals surface area contributed by atoms with E-state index in [2.05, 4.69) is 15.0 Å². The fourth-order valence-corrected chi connectivity index (χ4v) is 1.32. The molecule has 2 rings (SSSR count). The Morgan fingerprint density at radius 1 is 1.27 bits per heavy atom. The molecule has 0 aliphatic carbocycles. The third kappa shape index (κ3) is 1.79. The molecule has 0 radical (unpaired) electrons. The van der Waals surface area contributed by atoms with E-state index in [0.29, 0.717) is 24.4 Å². The minimum Gasteiger partial charge on any atom is -0.382 e. The third-order valence-corrected chi connectivity index (χ3v) is 2.03. The van der Waals surface area contributed by atoms with Gasteiger partial charge < -0.3 is 16.0 Å². The number of allylic oxidation sites excluding steroid dienone is 1. The van der Waals surface area contributed by atoms with Crippen molar-refractivity contribution in [2.45, 2.75) is 6.54 Å². The maximum Gasteiger partial charge on any atom is 0.165 e. The summed E-state index contributed by atoms with van der Waals surface area (Å²) in [5.74, 6) is 0.404. The van der Waals surface area contributed by atoms with E-state index in [1.165, 1.54) is 6.33 Å². The molecule has 6 nitrogen and oxygen atoms in total. The van der Waals surface area contributed by atoms with E-state index in [4.69, 9.17) is 11.5 Å². The second-order valence-electron chi connectivity index (χ2n) is 3.04. The number of hydrogen-bond acceptors (Lipinski definition) is 5. The van der Waals surface area contributed by atoms with Gasteiger partial charge in [0.05, 0.1) is 6.33 Å². The molecule has 2 heterocycles. The summed E-state index contributed by atoms with van der Waals surface area (Å²) < 4.78 is 1.89. The van der Waals surface area contributed by atoms with Gasteiger partial charge in [0, 0.05) is 13.1 Å². The van der Waals surface area contributed by atoms with Crippen LogP contribution in [0.5, 0.6) is 0 Å². The SMILES string of the molecule is NCC=CCn1cnc2c(N)ncnc21. The lowest BCUT2D eigenvalue weighted by Crippen LogP contribution is -1.98. The minimum atomic E-state index is 0.404. The van der Waals surface area contributed by atoms with E-state index >= 15 is 0 Å².